The SMILES string of the molecule is CC(C)(C)N1CCC[N+]2=C1NCCC2. The normalized spacial score (nSPS) is 23.2. The lowest BCUT2D eigenvalue weighted by Crippen LogP contribution is -2.60. The highest BCUT2D eigenvalue weighted by molar-refractivity contribution is 5.76. The fraction of sp³-hybridized carbons (Fsp3) is 0.909. The van der Waals surface area contributed by atoms with E-state index in [1.807, 2.05) is 0 Å². The van der Waals surface area contributed by atoms with Crippen molar-refractivity contribution in [2.24, 2.45) is 0 Å². The van der Waals surface area contributed by atoms with Gasteiger partial charge in [-0.2, -0.15) is 0 Å². The first-order valence-electron chi connectivity index (χ1n) is 5.72. The lowest BCUT2D eigenvalue weighted by molar-refractivity contribution is -0.545. The van der Waals surface area contributed by atoms with Gasteiger partial charge in [-0.1, -0.05) is 0 Å². The Bertz CT molecular complexity index is 246. The zero-order valence-electron chi connectivity index (χ0n) is 9.64. The minimum Gasteiger partial charge on any atom is -0.278 e. The highest BCUT2D eigenvalue weighted by Crippen LogP contribution is 2.17. The second kappa shape index (κ2) is 3.44. The Morgan fingerprint density at radius 1 is 1.21 bits per heavy atom. The van der Waals surface area contributed by atoms with E-state index in [1.165, 1.54) is 38.4 Å². The number of hydrogen-bond acceptors (Lipinski definition) is 2. The molecule has 0 unspecified atom stereocenters. The predicted octanol–water partition coefficient (Wildman–Crippen LogP) is 0.852. The molecular formula is C11H22N3+. The lowest BCUT2D eigenvalue weighted by Gasteiger charge is -2.38. The smallest absolute Gasteiger partial charge is 0.278 e. The van der Waals surface area contributed by atoms with Crippen molar-refractivity contribution >= 4 is 5.96 Å². The van der Waals surface area contributed by atoms with Crippen LogP contribution in [-0.4, -0.2) is 47.2 Å². The molecule has 0 aromatic rings. The summed E-state index contributed by atoms with van der Waals surface area (Å²) in [5.41, 5.74) is 0.248. The van der Waals surface area contributed by atoms with Crippen molar-refractivity contribution in [2.45, 2.75) is 39.2 Å². The van der Waals surface area contributed by atoms with Crippen LogP contribution in [0.1, 0.15) is 33.6 Å². The van der Waals surface area contributed by atoms with Gasteiger partial charge in [-0.05, 0) is 20.8 Å². The molecular weight excluding hydrogens is 174 g/mol. The molecule has 0 aromatic carbocycles. The number of nitrogens with zero attached hydrogens (tertiary/aromatic N) is 2. The molecule has 0 spiro atoms. The van der Waals surface area contributed by atoms with Crippen LogP contribution in [0.2, 0.25) is 0 Å². The summed E-state index contributed by atoms with van der Waals surface area (Å²) in [6.45, 7) is 11.7. The molecule has 3 nitrogen and oxygen atoms in total. The third-order valence-corrected chi connectivity index (χ3v) is 3.06. The monoisotopic (exact) mass is 196 g/mol. The number of hydrogen-bond donors (Lipinski definition) is 1. The molecule has 80 valence electrons. The van der Waals surface area contributed by atoms with Gasteiger partial charge >= 0.3 is 5.96 Å². The summed E-state index contributed by atoms with van der Waals surface area (Å²) in [5, 5.41) is 3.55. The van der Waals surface area contributed by atoms with Crippen molar-refractivity contribution in [1.82, 2.24) is 10.2 Å². The summed E-state index contributed by atoms with van der Waals surface area (Å²) in [6, 6.07) is 0. The maximum atomic E-state index is 3.55. The predicted molar refractivity (Wildman–Crippen MR) is 58.7 cm³/mol. The van der Waals surface area contributed by atoms with Crippen LogP contribution in [0.15, 0.2) is 0 Å². The van der Waals surface area contributed by atoms with Gasteiger partial charge in [0.1, 0.15) is 0 Å². The minimum absolute atomic E-state index is 0.248. The summed E-state index contributed by atoms with van der Waals surface area (Å²) in [7, 11) is 0. The fourth-order valence-electron chi connectivity index (χ4n) is 2.35. The maximum Gasteiger partial charge on any atom is 0.348 e. The van der Waals surface area contributed by atoms with Gasteiger partial charge in [0.05, 0.1) is 31.7 Å². The molecule has 2 heterocycles. The lowest BCUT2D eigenvalue weighted by atomic mass is 10.0. The Morgan fingerprint density at radius 3 is 2.64 bits per heavy atom. The van der Waals surface area contributed by atoms with Gasteiger partial charge in [0, 0.05) is 12.8 Å². The standard InChI is InChI=1S/C11H21N3/c1-11(2,3)14-9-5-8-13-7-4-6-12-10(13)14/h4-9H2,1-3H3/p+1. The maximum absolute atomic E-state index is 3.55. The molecule has 0 amide bonds. The van der Waals surface area contributed by atoms with Crippen LogP contribution < -0.4 is 5.32 Å². The van der Waals surface area contributed by atoms with Crippen LogP contribution in [0.3, 0.4) is 0 Å². The molecule has 0 radical (unpaired) electrons. The van der Waals surface area contributed by atoms with Crippen molar-refractivity contribution in [3.05, 3.63) is 0 Å². The number of nitrogens with one attached hydrogen (secondary N) is 1. The summed E-state index contributed by atoms with van der Waals surface area (Å²) in [6.07, 6.45) is 2.57. The molecule has 2 aliphatic heterocycles. The highest BCUT2D eigenvalue weighted by Gasteiger charge is 2.36. The Kier molecular flexibility index (Phi) is 2.41. The molecule has 0 saturated heterocycles. The first-order chi connectivity index (χ1) is 6.59. The second-order valence-electron chi connectivity index (χ2n) is 5.27. The van der Waals surface area contributed by atoms with Crippen molar-refractivity contribution in [3.8, 4) is 0 Å². The topological polar surface area (TPSA) is 18.3 Å². The van der Waals surface area contributed by atoms with Crippen molar-refractivity contribution < 1.29 is 4.58 Å². The minimum atomic E-state index is 0.248. The van der Waals surface area contributed by atoms with Crippen LogP contribution in [-0.2, 0) is 0 Å². The van der Waals surface area contributed by atoms with Gasteiger partial charge in [0.25, 0.3) is 0 Å². The van der Waals surface area contributed by atoms with Gasteiger partial charge in [0.15, 0.2) is 0 Å². The van der Waals surface area contributed by atoms with E-state index in [4.69, 9.17) is 0 Å². The summed E-state index contributed by atoms with van der Waals surface area (Å²) in [4.78, 5) is 2.51. The zero-order valence-corrected chi connectivity index (χ0v) is 9.64. The molecule has 1 N–H and O–H groups in total. The van der Waals surface area contributed by atoms with E-state index in [9.17, 15) is 0 Å². The molecule has 0 saturated carbocycles. The Morgan fingerprint density at radius 2 is 1.93 bits per heavy atom. The van der Waals surface area contributed by atoms with Crippen LogP contribution in [0.5, 0.6) is 0 Å². The Hall–Kier alpha value is -0.730. The average molecular weight is 196 g/mol. The van der Waals surface area contributed by atoms with E-state index in [-0.39, 0.29) is 5.54 Å². The molecule has 3 heteroatoms. The third-order valence-electron chi connectivity index (χ3n) is 3.06. The first kappa shape index (κ1) is 9.81. The van der Waals surface area contributed by atoms with E-state index in [2.05, 4.69) is 35.6 Å². The van der Waals surface area contributed by atoms with E-state index >= 15 is 0 Å². The number of guanidine groups is 1. The highest BCUT2D eigenvalue weighted by atomic mass is 15.4. The van der Waals surface area contributed by atoms with E-state index in [0.29, 0.717) is 0 Å². The molecule has 14 heavy (non-hydrogen) atoms. The van der Waals surface area contributed by atoms with Crippen molar-refractivity contribution in [3.63, 3.8) is 0 Å². The molecule has 0 aromatic heterocycles. The van der Waals surface area contributed by atoms with Crippen molar-refractivity contribution in [2.75, 3.05) is 26.2 Å². The van der Waals surface area contributed by atoms with Crippen LogP contribution >= 0.6 is 0 Å². The fourth-order valence-corrected chi connectivity index (χ4v) is 2.35. The van der Waals surface area contributed by atoms with Gasteiger partial charge in [-0.15, -0.1) is 0 Å². The third kappa shape index (κ3) is 1.72. The molecule has 0 atom stereocenters. The first-order valence-corrected chi connectivity index (χ1v) is 5.72. The molecule has 2 aliphatic rings. The summed E-state index contributed by atoms with van der Waals surface area (Å²) < 4.78 is 2.50. The van der Waals surface area contributed by atoms with Gasteiger partial charge in [0.2, 0.25) is 0 Å². The zero-order chi connectivity index (χ0) is 10.2. The van der Waals surface area contributed by atoms with Crippen LogP contribution in [0.25, 0.3) is 0 Å². The van der Waals surface area contributed by atoms with E-state index in [0.717, 1.165) is 6.54 Å². The van der Waals surface area contributed by atoms with Gasteiger partial charge in [-0.25, -0.2) is 0 Å². The quantitative estimate of drug-likeness (QED) is 0.579. The molecule has 2 rings (SSSR count). The number of rotatable bonds is 0. The van der Waals surface area contributed by atoms with E-state index in [1.54, 1.807) is 0 Å². The van der Waals surface area contributed by atoms with Crippen molar-refractivity contribution in [1.29, 1.82) is 0 Å². The molecule has 0 fully saturated rings. The Balaban J connectivity index is 2.25. The molecule has 0 bridgehead atoms. The largest absolute Gasteiger partial charge is 0.348 e. The van der Waals surface area contributed by atoms with Crippen LogP contribution in [0, 0.1) is 0 Å². The van der Waals surface area contributed by atoms with Crippen LogP contribution in [0.4, 0.5) is 0 Å². The summed E-state index contributed by atoms with van der Waals surface area (Å²) in [5.74, 6) is 1.37. The molecule has 0 aliphatic carbocycles. The van der Waals surface area contributed by atoms with E-state index < -0.39 is 0 Å². The van der Waals surface area contributed by atoms with Gasteiger partial charge < -0.3 is 0 Å². The second-order valence-corrected chi connectivity index (χ2v) is 5.27. The average Bonchev–Trinajstić information content (AvgIpc) is 2.15. The Labute approximate surface area is 86.8 Å². The van der Waals surface area contributed by atoms with Gasteiger partial charge in [-0.3, -0.25) is 14.8 Å². The summed E-state index contributed by atoms with van der Waals surface area (Å²) >= 11 is 0.